The van der Waals surface area contributed by atoms with Crippen LogP contribution in [0.5, 0.6) is 0 Å². The van der Waals surface area contributed by atoms with Crippen LogP contribution >= 0.6 is 15.9 Å². The first-order chi connectivity index (χ1) is 7.75. The summed E-state index contributed by atoms with van der Waals surface area (Å²) >= 11 is 3.34. The van der Waals surface area contributed by atoms with E-state index in [9.17, 15) is 4.39 Å². The van der Waals surface area contributed by atoms with Gasteiger partial charge in [0, 0.05) is 11.0 Å². The van der Waals surface area contributed by atoms with Crippen LogP contribution in [0.1, 0.15) is 18.4 Å². The molecule has 2 nitrogen and oxygen atoms in total. The standard InChI is InChI=1S/C12H15BrFNO/c13-12-6-10(14)4-3-9(12)8-16-11-2-1-5-15-7-11/h3-4,6,11,15H,1-2,5,7-8H2. The van der Waals surface area contributed by atoms with Crippen LogP contribution in [0, 0.1) is 5.82 Å². The Hall–Kier alpha value is -0.450. The average Bonchev–Trinajstić information content (AvgIpc) is 2.29. The van der Waals surface area contributed by atoms with Gasteiger partial charge < -0.3 is 10.1 Å². The van der Waals surface area contributed by atoms with Crippen molar-refractivity contribution in [2.45, 2.75) is 25.6 Å². The van der Waals surface area contributed by atoms with E-state index in [0.29, 0.717) is 6.61 Å². The maximum Gasteiger partial charge on any atom is 0.124 e. The van der Waals surface area contributed by atoms with Gasteiger partial charge in [0.2, 0.25) is 0 Å². The molecule has 1 saturated heterocycles. The third-order valence-corrected chi connectivity index (χ3v) is 3.48. The molecular weight excluding hydrogens is 273 g/mol. The van der Waals surface area contributed by atoms with E-state index in [1.807, 2.05) is 0 Å². The Morgan fingerprint density at radius 3 is 3.06 bits per heavy atom. The predicted octanol–water partition coefficient (Wildman–Crippen LogP) is 2.86. The molecule has 0 bridgehead atoms. The second kappa shape index (κ2) is 5.75. The normalized spacial score (nSPS) is 21.0. The van der Waals surface area contributed by atoms with Crippen LogP contribution in [0.15, 0.2) is 22.7 Å². The summed E-state index contributed by atoms with van der Waals surface area (Å²) < 4.78 is 19.4. The highest BCUT2D eigenvalue weighted by Gasteiger charge is 2.13. The molecule has 1 aromatic rings. The Morgan fingerprint density at radius 2 is 2.38 bits per heavy atom. The molecule has 0 aliphatic carbocycles. The maximum absolute atomic E-state index is 12.9. The van der Waals surface area contributed by atoms with Crippen LogP contribution in [0.4, 0.5) is 4.39 Å². The number of hydrogen-bond acceptors (Lipinski definition) is 2. The third-order valence-electron chi connectivity index (χ3n) is 2.74. The molecule has 0 aromatic heterocycles. The fourth-order valence-electron chi connectivity index (χ4n) is 1.81. The van der Waals surface area contributed by atoms with Crippen molar-refractivity contribution in [2.24, 2.45) is 0 Å². The molecule has 88 valence electrons. The van der Waals surface area contributed by atoms with E-state index in [-0.39, 0.29) is 11.9 Å². The quantitative estimate of drug-likeness (QED) is 0.923. The lowest BCUT2D eigenvalue weighted by atomic mass is 10.1. The fraction of sp³-hybridized carbons (Fsp3) is 0.500. The molecule has 1 aromatic carbocycles. The zero-order valence-corrected chi connectivity index (χ0v) is 10.6. The molecule has 0 amide bonds. The van der Waals surface area contributed by atoms with Gasteiger partial charge >= 0.3 is 0 Å². The Morgan fingerprint density at radius 1 is 1.50 bits per heavy atom. The minimum Gasteiger partial charge on any atom is -0.372 e. The molecule has 1 unspecified atom stereocenters. The van der Waals surface area contributed by atoms with Crippen molar-refractivity contribution in [1.82, 2.24) is 5.32 Å². The molecule has 1 heterocycles. The van der Waals surface area contributed by atoms with Gasteiger partial charge in [-0.15, -0.1) is 0 Å². The van der Waals surface area contributed by atoms with E-state index < -0.39 is 0 Å². The summed E-state index contributed by atoms with van der Waals surface area (Å²) in [6.07, 6.45) is 2.55. The lowest BCUT2D eigenvalue weighted by Gasteiger charge is -2.23. The summed E-state index contributed by atoms with van der Waals surface area (Å²) in [5.41, 5.74) is 0.993. The number of ether oxygens (including phenoxy) is 1. The molecule has 1 N–H and O–H groups in total. The molecule has 0 saturated carbocycles. The summed E-state index contributed by atoms with van der Waals surface area (Å²) in [7, 11) is 0. The first-order valence-corrected chi connectivity index (χ1v) is 6.31. The highest BCUT2D eigenvalue weighted by Crippen LogP contribution is 2.20. The van der Waals surface area contributed by atoms with Crippen molar-refractivity contribution < 1.29 is 9.13 Å². The summed E-state index contributed by atoms with van der Waals surface area (Å²) in [4.78, 5) is 0. The first kappa shape index (κ1) is 12.0. The highest BCUT2D eigenvalue weighted by molar-refractivity contribution is 9.10. The first-order valence-electron chi connectivity index (χ1n) is 5.52. The van der Waals surface area contributed by atoms with Gasteiger partial charge in [0.15, 0.2) is 0 Å². The van der Waals surface area contributed by atoms with Crippen molar-refractivity contribution in [1.29, 1.82) is 0 Å². The van der Waals surface area contributed by atoms with Gasteiger partial charge in [-0.05, 0) is 37.1 Å². The molecule has 4 heteroatoms. The van der Waals surface area contributed by atoms with Crippen LogP contribution < -0.4 is 5.32 Å². The molecule has 2 rings (SSSR count). The van der Waals surface area contributed by atoms with E-state index in [4.69, 9.17) is 4.74 Å². The lowest BCUT2D eigenvalue weighted by molar-refractivity contribution is 0.0250. The monoisotopic (exact) mass is 287 g/mol. The molecule has 0 spiro atoms. The van der Waals surface area contributed by atoms with Crippen LogP contribution in [0.2, 0.25) is 0 Å². The topological polar surface area (TPSA) is 21.3 Å². The Kier molecular flexibility index (Phi) is 4.32. The summed E-state index contributed by atoms with van der Waals surface area (Å²) in [5, 5.41) is 3.30. The number of hydrogen-bond donors (Lipinski definition) is 1. The summed E-state index contributed by atoms with van der Waals surface area (Å²) in [6, 6.07) is 4.69. The number of piperidine rings is 1. The van der Waals surface area contributed by atoms with Crippen molar-refractivity contribution in [3.8, 4) is 0 Å². The smallest absolute Gasteiger partial charge is 0.124 e. The average molecular weight is 288 g/mol. The number of nitrogens with one attached hydrogen (secondary N) is 1. The van der Waals surface area contributed by atoms with Crippen LogP contribution in [-0.4, -0.2) is 19.2 Å². The van der Waals surface area contributed by atoms with Crippen molar-refractivity contribution >= 4 is 15.9 Å². The molecule has 1 aliphatic heterocycles. The van der Waals surface area contributed by atoms with Crippen LogP contribution in [0.25, 0.3) is 0 Å². The molecule has 1 atom stereocenters. The van der Waals surface area contributed by atoms with Gasteiger partial charge in [-0.3, -0.25) is 0 Å². The Bertz CT molecular complexity index is 353. The number of rotatable bonds is 3. The second-order valence-electron chi connectivity index (χ2n) is 4.02. The largest absolute Gasteiger partial charge is 0.372 e. The van der Waals surface area contributed by atoms with Gasteiger partial charge in [0.05, 0.1) is 12.7 Å². The number of benzene rings is 1. The summed E-state index contributed by atoms with van der Waals surface area (Å²) in [5.74, 6) is -0.227. The van der Waals surface area contributed by atoms with E-state index in [1.165, 1.54) is 12.1 Å². The SMILES string of the molecule is Fc1ccc(COC2CCCNC2)c(Br)c1. The minimum absolute atomic E-state index is 0.227. The molecule has 1 aliphatic rings. The van der Waals surface area contributed by atoms with Gasteiger partial charge in [0.1, 0.15) is 5.82 Å². The fourth-order valence-corrected chi connectivity index (χ4v) is 2.27. The van der Waals surface area contributed by atoms with E-state index in [1.54, 1.807) is 6.07 Å². The van der Waals surface area contributed by atoms with E-state index >= 15 is 0 Å². The van der Waals surface area contributed by atoms with Gasteiger partial charge in [0.25, 0.3) is 0 Å². The van der Waals surface area contributed by atoms with Gasteiger partial charge in [-0.25, -0.2) is 4.39 Å². The summed E-state index contributed by atoms with van der Waals surface area (Å²) in [6.45, 7) is 2.53. The molecule has 0 radical (unpaired) electrons. The van der Waals surface area contributed by atoms with Crippen LogP contribution in [-0.2, 0) is 11.3 Å². The lowest BCUT2D eigenvalue weighted by Crippen LogP contribution is -2.35. The van der Waals surface area contributed by atoms with Crippen molar-refractivity contribution in [3.63, 3.8) is 0 Å². The zero-order chi connectivity index (χ0) is 11.4. The Balaban J connectivity index is 1.88. The van der Waals surface area contributed by atoms with E-state index in [0.717, 1.165) is 36.0 Å². The predicted molar refractivity (Wildman–Crippen MR) is 64.8 cm³/mol. The molecular formula is C12H15BrFNO. The van der Waals surface area contributed by atoms with E-state index in [2.05, 4.69) is 21.2 Å². The highest BCUT2D eigenvalue weighted by atomic mass is 79.9. The van der Waals surface area contributed by atoms with Crippen molar-refractivity contribution in [2.75, 3.05) is 13.1 Å². The molecule has 1 fully saturated rings. The zero-order valence-electron chi connectivity index (χ0n) is 9.01. The second-order valence-corrected chi connectivity index (χ2v) is 4.87. The Labute approximate surface area is 103 Å². The van der Waals surface area contributed by atoms with Gasteiger partial charge in [-0.2, -0.15) is 0 Å². The van der Waals surface area contributed by atoms with Crippen LogP contribution in [0.3, 0.4) is 0 Å². The number of halogens is 2. The van der Waals surface area contributed by atoms with Crippen molar-refractivity contribution in [3.05, 3.63) is 34.1 Å². The third kappa shape index (κ3) is 3.27. The van der Waals surface area contributed by atoms with Gasteiger partial charge in [-0.1, -0.05) is 22.0 Å². The maximum atomic E-state index is 12.9. The minimum atomic E-state index is -0.227. The molecule has 16 heavy (non-hydrogen) atoms.